The van der Waals surface area contributed by atoms with Crippen LogP contribution in [0.4, 0.5) is 11.4 Å². The Bertz CT molecular complexity index is 700. The second kappa shape index (κ2) is 10.2. The molecule has 0 heterocycles. The molecule has 0 bridgehead atoms. The van der Waals surface area contributed by atoms with Crippen molar-refractivity contribution in [2.75, 3.05) is 18.5 Å². The summed E-state index contributed by atoms with van der Waals surface area (Å²) in [4.78, 5) is 45.7. The highest BCUT2D eigenvalue weighted by Gasteiger charge is 2.23. The molecule has 0 saturated heterocycles. The number of para-hydroxylation sites is 2. The Hall–Kier alpha value is -2.97. The van der Waals surface area contributed by atoms with Crippen LogP contribution >= 0.6 is 0 Å². The predicted octanol–water partition coefficient (Wildman–Crippen LogP) is 2.16. The van der Waals surface area contributed by atoms with Crippen LogP contribution in [0.3, 0.4) is 0 Å². The molecule has 2 amide bonds. The Kier molecular flexibility index (Phi) is 7.72. The highest BCUT2D eigenvalue weighted by Crippen LogP contribution is 2.24. The van der Waals surface area contributed by atoms with Gasteiger partial charge < -0.3 is 10.1 Å². The lowest BCUT2D eigenvalue weighted by Gasteiger charge is -2.20. The van der Waals surface area contributed by atoms with E-state index >= 15 is 0 Å². The zero-order chi connectivity index (χ0) is 19.6. The number of carbonyl (C=O) groups is 3. The third kappa shape index (κ3) is 6.69. The fourth-order valence-corrected chi connectivity index (χ4v) is 2.94. The van der Waals surface area contributed by atoms with Gasteiger partial charge in [-0.3, -0.25) is 29.8 Å². The number of esters is 1. The number of amides is 2. The highest BCUT2D eigenvalue weighted by molar-refractivity contribution is 5.97. The summed E-state index contributed by atoms with van der Waals surface area (Å²) in [6.45, 7) is -0.408. The number of hydrogen-bond donors (Lipinski definition) is 2. The van der Waals surface area contributed by atoms with Gasteiger partial charge in [0.25, 0.3) is 11.6 Å². The van der Waals surface area contributed by atoms with Crippen molar-refractivity contribution in [2.24, 2.45) is 5.92 Å². The van der Waals surface area contributed by atoms with Crippen molar-refractivity contribution in [3.63, 3.8) is 0 Å². The number of hydrogen-bond acceptors (Lipinski definition) is 7. The molecule has 9 nitrogen and oxygen atoms in total. The van der Waals surface area contributed by atoms with Crippen LogP contribution < -0.4 is 10.6 Å². The molecule has 9 heteroatoms. The molecule has 27 heavy (non-hydrogen) atoms. The van der Waals surface area contributed by atoms with E-state index in [1.807, 2.05) is 0 Å². The number of nitro benzene ring substituents is 1. The first kappa shape index (κ1) is 20.3. The smallest absolute Gasteiger partial charge is 0.308 e. The molecule has 1 aromatic carbocycles. The van der Waals surface area contributed by atoms with E-state index < -0.39 is 23.4 Å². The normalized spacial score (nSPS) is 14.2. The van der Waals surface area contributed by atoms with Crippen LogP contribution in [0.1, 0.15) is 38.5 Å². The minimum absolute atomic E-state index is 0.0735. The monoisotopic (exact) mass is 377 g/mol. The van der Waals surface area contributed by atoms with Gasteiger partial charge in [0.15, 0.2) is 6.61 Å². The van der Waals surface area contributed by atoms with Crippen LogP contribution in [0.5, 0.6) is 0 Å². The van der Waals surface area contributed by atoms with Crippen molar-refractivity contribution in [1.82, 2.24) is 5.32 Å². The number of nitrogens with zero attached hydrogens (tertiary/aromatic N) is 1. The molecule has 146 valence electrons. The zero-order valence-corrected chi connectivity index (χ0v) is 14.9. The van der Waals surface area contributed by atoms with Gasteiger partial charge in [-0.05, 0) is 18.9 Å². The first-order valence-electron chi connectivity index (χ1n) is 8.94. The molecular formula is C18H23N3O6. The minimum atomic E-state index is -0.648. The second-order valence-electron chi connectivity index (χ2n) is 6.36. The van der Waals surface area contributed by atoms with E-state index in [9.17, 15) is 24.5 Å². The van der Waals surface area contributed by atoms with Gasteiger partial charge in [-0.2, -0.15) is 0 Å². The molecule has 0 atom stereocenters. The first-order chi connectivity index (χ1) is 13.0. The van der Waals surface area contributed by atoms with Crippen molar-refractivity contribution < 1.29 is 24.0 Å². The number of anilines is 1. The summed E-state index contributed by atoms with van der Waals surface area (Å²) in [6, 6.07) is 6.08. The predicted molar refractivity (Wildman–Crippen MR) is 96.9 cm³/mol. The van der Waals surface area contributed by atoms with Gasteiger partial charge >= 0.3 is 5.97 Å². The molecule has 2 rings (SSSR count). The lowest BCUT2D eigenvalue weighted by molar-refractivity contribution is -0.384. The number of nitro groups is 1. The summed E-state index contributed by atoms with van der Waals surface area (Å²) in [5.74, 6) is -1.75. The Morgan fingerprint density at radius 3 is 2.56 bits per heavy atom. The molecule has 0 radical (unpaired) electrons. The van der Waals surface area contributed by atoms with Crippen LogP contribution in [-0.2, 0) is 19.1 Å². The van der Waals surface area contributed by atoms with E-state index in [1.54, 1.807) is 12.1 Å². The number of rotatable bonds is 8. The quantitative estimate of drug-likeness (QED) is 0.404. The van der Waals surface area contributed by atoms with Crippen molar-refractivity contribution >= 4 is 29.2 Å². The molecule has 0 unspecified atom stereocenters. The maximum atomic E-state index is 11.9. The Labute approximate surface area is 156 Å². The van der Waals surface area contributed by atoms with E-state index in [1.165, 1.54) is 12.1 Å². The summed E-state index contributed by atoms with van der Waals surface area (Å²) >= 11 is 0. The molecule has 1 aliphatic carbocycles. The topological polar surface area (TPSA) is 128 Å². The average molecular weight is 377 g/mol. The van der Waals surface area contributed by atoms with E-state index in [4.69, 9.17) is 4.74 Å². The second-order valence-corrected chi connectivity index (χ2v) is 6.36. The summed E-state index contributed by atoms with van der Waals surface area (Å²) in [7, 11) is 0. The lowest BCUT2D eigenvalue weighted by Crippen LogP contribution is -2.39. The van der Waals surface area contributed by atoms with Crippen LogP contribution in [0.25, 0.3) is 0 Å². The number of imide groups is 1. The fourth-order valence-electron chi connectivity index (χ4n) is 2.94. The lowest BCUT2D eigenvalue weighted by atomic mass is 9.89. The molecule has 1 saturated carbocycles. The molecule has 0 aromatic heterocycles. The standard InChI is InChI=1S/C18H23N3O6/c22-16(20-18(24)13-6-2-1-3-7-13)12-27-17(23)10-11-19-14-8-4-5-9-15(14)21(25)26/h4-5,8-9,13,19H,1-3,6-7,10-12H2,(H,20,22,24). The third-order valence-electron chi connectivity index (χ3n) is 4.35. The molecule has 0 aliphatic heterocycles. The van der Waals surface area contributed by atoms with Crippen LogP contribution in [0.2, 0.25) is 0 Å². The van der Waals surface area contributed by atoms with Crippen molar-refractivity contribution in [2.45, 2.75) is 38.5 Å². The van der Waals surface area contributed by atoms with Crippen molar-refractivity contribution in [1.29, 1.82) is 0 Å². The number of carbonyl (C=O) groups excluding carboxylic acids is 3. The number of ether oxygens (including phenoxy) is 1. The van der Waals surface area contributed by atoms with Gasteiger partial charge in [-0.25, -0.2) is 0 Å². The maximum absolute atomic E-state index is 11.9. The Morgan fingerprint density at radius 1 is 1.15 bits per heavy atom. The summed E-state index contributed by atoms with van der Waals surface area (Å²) in [6.07, 6.45) is 4.54. The third-order valence-corrected chi connectivity index (χ3v) is 4.35. The van der Waals surface area contributed by atoms with Crippen LogP contribution in [0, 0.1) is 16.0 Å². The van der Waals surface area contributed by atoms with Crippen molar-refractivity contribution in [3.05, 3.63) is 34.4 Å². The van der Waals surface area contributed by atoms with E-state index in [0.29, 0.717) is 5.69 Å². The van der Waals surface area contributed by atoms with Gasteiger partial charge in [0.1, 0.15) is 5.69 Å². The van der Waals surface area contributed by atoms with Gasteiger partial charge in [-0.15, -0.1) is 0 Å². The van der Waals surface area contributed by atoms with E-state index in [2.05, 4.69) is 10.6 Å². The average Bonchev–Trinajstić information content (AvgIpc) is 2.67. The SMILES string of the molecule is O=C(COC(=O)CCNc1ccccc1[N+](=O)[O-])NC(=O)C1CCCCC1. The first-order valence-corrected chi connectivity index (χ1v) is 8.94. The Balaban J connectivity index is 1.66. The van der Waals surface area contributed by atoms with Gasteiger partial charge in [-0.1, -0.05) is 31.4 Å². The molecule has 1 aliphatic rings. The summed E-state index contributed by atoms with van der Waals surface area (Å²) < 4.78 is 4.83. The van der Waals surface area contributed by atoms with E-state index in [-0.39, 0.29) is 30.5 Å². The van der Waals surface area contributed by atoms with Gasteiger partial charge in [0.05, 0.1) is 11.3 Å². The van der Waals surface area contributed by atoms with Crippen LogP contribution in [0.15, 0.2) is 24.3 Å². The van der Waals surface area contributed by atoms with Crippen molar-refractivity contribution in [3.8, 4) is 0 Å². The molecular weight excluding hydrogens is 354 g/mol. The largest absolute Gasteiger partial charge is 0.456 e. The van der Waals surface area contributed by atoms with Gasteiger partial charge in [0, 0.05) is 18.5 Å². The number of nitrogens with one attached hydrogen (secondary N) is 2. The molecule has 1 aromatic rings. The Morgan fingerprint density at radius 2 is 1.85 bits per heavy atom. The fraction of sp³-hybridized carbons (Fsp3) is 0.500. The van der Waals surface area contributed by atoms with Crippen LogP contribution in [-0.4, -0.2) is 35.9 Å². The molecule has 2 N–H and O–H groups in total. The molecule has 1 fully saturated rings. The summed E-state index contributed by atoms with van der Waals surface area (Å²) in [5, 5.41) is 16.0. The zero-order valence-electron chi connectivity index (χ0n) is 14.9. The number of benzene rings is 1. The molecule has 0 spiro atoms. The maximum Gasteiger partial charge on any atom is 0.308 e. The summed E-state index contributed by atoms with van der Waals surface area (Å²) in [5.41, 5.74) is 0.206. The minimum Gasteiger partial charge on any atom is -0.456 e. The van der Waals surface area contributed by atoms with E-state index in [0.717, 1.165) is 32.1 Å². The highest BCUT2D eigenvalue weighted by atomic mass is 16.6. The van der Waals surface area contributed by atoms with Gasteiger partial charge in [0.2, 0.25) is 5.91 Å².